The van der Waals surface area contributed by atoms with E-state index in [1.54, 1.807) is 48.7 Å². The topological polar surface area (TPSA) is 60.2 Å². The molecule has 2 rings (SSSR count). The predicted molar refractivity (Wildman–Crippen MR) is 84.5 cm³/mol. The van der Waals surface area contributed by atoms with Gasteiger partial charge in [-0.05, 0) is 42.0 Å². The molecule has 6 heteroatoms. The van der Waals surface area contributed by atoms with E-state index in [0.717, 1.165) is 5.56 Å². The van der Waals surface area contributed by atoms with Crippen molar-refractivity contribution in [3.8, 4) is 6.07 Å². The summed E-state index contributed by atoms with van der Waals surface area (Å²) in [5.74, 6) is -0.391. The van der Waals surface area contributed by atoms with Crippen molar-refractivity contribution >= 4 is 29.2 Å². The average Bonchev–Trinajstić information content (AvgIpc) is 2.50. The van der Waals surface area contributed by atoms with Crippen molar-refractivity contribution in [1.29, 1.82) is 5.26 Å². The maximum absolute atomic E-state index is 13.4. The second-order valence-electron chi connectivity index (χ2n) is 4.04. The Hall–Kier alpha value is -2.78. The molecular weight excluding hydrogens is 287 g/mol. The Bertz CT molecular complexity index is 704. The van der Waals surface area contributed by atoms with Gasteiger partial charge in [-0.15, -0.1) is 0 Å². The largest absolute Gasteiger partial charge is 0.329 e. The maximum atomic E-state index is 13.4. The molecule has 2 aromatic rings. The SMILES string of the molecule is N#Cc1ccc(/C=N\NC(=S)Nc2ccccc2F)cc1. The molecule has 0 atom stereocenters. The van der Waals surface area contributed by atoms with Gasteiger partial charge < -0.3 is 5.32 Å². The summed E-state index contributed by atoms with van der Waals surface area (Å²) in [5, 5.41) is 15.5. The van der Waals surface area contributed by atoms with E-state index >= 15 is 0 Å². The fourth-order valence-corrected chi connectivity index (χ4v) is 1.68. The summed E-state index contributed by atoms with van der Waals surface area (Å²) >= 11 is 5.00. The fourth-order valence-electron chi connectivity index (χ4n) is 1.52. The van der Waals surface area contributed by atoms with E-state index in [0.29, 0.717) is 5.56 Å². The summed E-state index contributed by atoms with van der Waals surface area (Å²) in [5.41, 5.74) is 4.27. The van der Waals surface area contributed by atoms with E-state index in [-0.39, 0.29) is 10.8 Å². The number of halogens is 1. The molecule has 0 saturated carbocycles. The summed E-state index contributed by atoms with van der Waals surface area (Å²) in [7, 11) is 0. The van der Waals surface area contributed by atoms with E-state index in [4.69, 9.17) is 17.5 Å². The van der Waals surface area contributed by atoms with Crippen molar-refractivity contribution in [2.75, 3.05) is 5.32 Å². The van der Waals surface area contributed by atoms with Gasteiger partial charge in [0.1, 0.15) is 5.82 Å². The first-order valence-corrected chi connectivity index (χ1v) is 6.44. The van der Waals surface area contributed by atoms with E-state index in [1.807, 2.05) is 6.07 Å². The molecule has 21 heavy (non-hydrogen) atoms. The lowest BCUT2D eigenvalue weighted by molar-refractivity contribution is 0.632. The molecule has 2 N–H and O–H groups in total. The van der Waals surface area contributed by atoms with E-state index in [2.05, 4.69) is 15.8 Å². The third-order valence-electron chi connectivity index (χ3n) is 2.54. The van der Waals surface area contributed by atoms with Gasteiger partial charge in [0, 0.05) is 0 Å². The molecular formula is C15H11FN4S. The smallest absolute Gasteiger partial charge is 0.191 e. The molecule has 0 heterocycles. The van der Waals surface area contributed by atoms with Crippen molar-refractivity contribution in [2.45, 2.75) is 0 Å². The molecule has 2 aromatic carbocycles. The second kappa shape index (κ2) is 7.12. The first-order valence-electron chi connectivity index (χ1n) is 6.04. The molecule has 0 spiro atoms. The zero-order valence-electron chi connectivity index (χ0n) is 10.9. The van der Waals surface area contributed by atoms with Crippen LogP contribution in [0.3, 0.4) is 0 Å². The zero-order chi connectivity index (χ0) is 15.1. The van der Waals surface area contributed by atoms with Gasteiger partial charge in [0.2, 0.25) is 0 Å². The number of hydrazone groups is 1. The van der Waals surface area contributed by atoms with Gasteiger partial charge in [0.05, 0.1) is 23.5 Å². The molecule has 0 aliphatic rings. The highest BCUT2D eigenvalue weighted by molar-refractivity contribution is 7.80. The van der Waals surface area contributed by atoms with Crippen molar-refractivity contribution < 1.29 is 4.39 Å². The number of benzene rings is 2. The summed E-state index contributed by atoms with van der Waals surface area (Å²) in [4.78, 5) is 0. The molecule has 0 radical (unpaired) electrons. The van der Waals surface area contributed by atoms with Crippen molar-refractivity contribution in [1.82, 2.24) is 5.43 Å². The number of nitrogens with zero attached hydrogens (tertiary/aromatic N) is 2. The number of hydrogen-bond donors (Lipinski definition) is 2. The van der Waals surface area contributed by atoms with Crippen molar-refractivity contribution in [3.63, 3.8) is 0 Å². The van der Waals surface area contributed by atoms with Crippen LogP contribution in [-0.2, 0) is 0 Å². The minimum atomic E-state index is -0.391. The highest BCUT2D eigenvalue weighted by Crippen LogP contribution is 2.11. The van der Waals surface area contributed by atoms with Crippen LogP contribution in [0, 0.1) is 17.1 Å². The molecule has 104 valence electrons. The standard InChI is InChI=1S/C15H11FN4S/c16-13-3-1-2-4-14(13)19-15(21)20-18-10-12-7-5-11(9-17)6-8-12/h1-8,10H,(H2,19,20,21)/b18-10-. The summed E-state index contributed by atoms with van der Waals surface area (Å²) < 4.78 is 13.4. The van der Waals surface area contributed by atoms with Gasteiger partial charge in [-0.2, -0.15) is 10.4 Å². The van der Waals surface area contributed by atoms with Crippen LogP contribution in [0.5, 0.6) is 0 Å². The van der Waals surface area contributed by atoms with Crippen LogP contribution in [0.1, 0.15) is 11.1 Å². The first kappa shape index (κ1) is 14.6. The Morgan fingerprint density at radius 3 is 2.57 bits per heavy atom. The fraction of sp³-hybridized carbons (Fsp3) is 0. The number of nitriles is 1. The highest BCUT2D eigenvalue weighted by Gasteiger charge is 2.01. The third kappa shape index (κ3) is 4.37. The quantitative estimate of drug-likeness (QED) is 0.519. The van der Waals surface area contributed by atoms with Crippen LogP contribution < -0.4 is 10.7 Å². The van der Waals surface area contributed by atoms with Gasteiger partial charge in [-0.3, -0.25) is 5.43 Å². The Morgan fingerprint density at radius 1 is 1.19 bits per heavy atom. The molecule has 0 bridgehead atoms. The summed E-state index contributed by atoms with van der Waals surface area (Å²) in [6.07, 6.45) is 1.55. The van der Waals surface area contributed by atoms with E-state index in [1.165, 1.54) is 6.07 Å². The average molecular weight is 298 g/mol. The van der Waals surface area contributed by atoms with Crippen LogP contribution in [0.25, 0.3) is 0 Å². The molecule has 0 aliphatic heterocycles. The number of thiocarbonyl (C=S) groups is 1. The number of para-hydroxylation sites is 1. The lowest BCUT2D eigenvalue weighted by atomic mass is 10.2. The summed E-state index contributed by atoms with van der Waals surface area (Å²) in [6, 6.07) is 15.2. The molecule has 0 fully saturated rings. The van der Waals surface area contributed by atoms with Gasteiger partial charge in [-0.25, -0.2) is 4.39 Å². The molecule has 0 aliphatic carbocycles. The predicted octanol–water partition coefficient (Wildman–Crippen LogP) is 3.02. The lowest BCUT2D eigenvalue weighted by Crippen LogP contribution is -2.24. The molecule has 0 aromatic heterocycles. The Morgan fingerprint density at radius 2 is 1.90 bits per heavy atom. The molecule has 4 nitrogen and oxygen atoms in total. The number of nitrogens with one attached hydrogen (secondary N) is 2. The Kier molecular flexibility index (Phi) is 4.96. The first-order chi connectivity index (χ1) is 10.2. The van der Waals surface area contributed by atoms with Crippen molar-refractivity contribution in [2.24, 2.45) is 5.10 Å². The minimum absolute atomic E-state index is 0.185. The monoisotopic (exact) mass is 298 g/mol. The van der Waals surface area contributed by atoms with Crippen molar-refractivity contribution in [3.05, 3.63) is 65.5 Å². The van der Waals surface area contributed by atoms with Gasteiger partial charge >= 0.3 is 0 Å². The number of hydrogen-bond acceptors (Lipinski definition) is 3. The van der Waals surface area contributed by atoms with Crippen LogP contribution in [0.4, 0.5) is 10.1 Å². The number of rotatable bonds is 3. The highest BCUT2D eigenvalue weighted by atomic mass is 32.1. The van der Waals surface area contributed by atoms with Crippen LogP contribution >= 0.6 is 12.2 Å². The van der Waals surface area contributed by atoms with Crippen LogP contribution in [0.2, 0.25) is 0 Å². The van der Waals surface area contributed by atoms with Gasteiger partial charge in [0.25, 0.3) is 0 Å². The molecule has 0 amide bonds. The third-order valence-corrected chi connectivity index (χ3v) is 2.73. The Balaban J connectivity index is 1.90. The number of anilines is 1. The minimum Gasteiger partial charge on any atom is -0.329 e. The van der Waals surface area contributed by atoms with E-state index < -0.39 is 5.82 Å². The summed E-state index contributed by atoms with van der Waals surface area (Å²) in [6.45, 7) is 0. The van der Waals surface area contributed by atoms with Crippen LogP contribution in [-0.4, -0.2) is 11.3 Å². The van der Waals surface area contributed by atoms with Gasteiger partial charge in [-0.1, -0.05) is 24.3 Å². The van der Waals surface area contributed by atoms with Crippen LogP contribution in [0.15, 0.2) is 53.6 Å². The Labute approximate surface area is 126 Å². The normalized spacial score (nSPS) is 10.1. The molecule has 0 saturated heterocycles. The lowest BCUT2D eigenvalue weighted by Gasteiger charge is -2.07. The zero-order valence-corrected chi connectivity index (χ0v) is 11.7. The molecule has 0 unspecified atom stereocenters. The van der Waals surface area contributed by atoms with E-state index in [9.17, 15) is 4.39 Å². The second-order valence-corrected chi connectivity index (χ2v) is 4.45. The van der Waals surface area contributed by atoms with Gasteiger partial charge in [0.15, 0.2) is 5.11 Å². The maximum Gasteiger partial charge on any atom is 0.191 e.